The first kappa shape index (κ1) is 12.3. The Labute approximate surface area is 92.7 Å². The van der Waals surface area contributed by atoms with Crippen LogP contribution in [0.25, 0.3) is 0 Å². The smallest absolute Gasteiger partial charge is 0.333 e. The van der Waals surface area contributed by atoms with Crippen LogP contribution in [0.1, 0.15) is 52.9 Å². The van der Waals surface area contributed by atoms with E-state index in [1.165, 1.54) is 19.3 Å². The van der Waals surface area contributed by atoms with E-state index in [1.807, 2.05) is 13.0 Å². The molecular formula is C13H22O2. The second-order valence-electron chi connectivity index (χ2n) is 4.76. The van der Waals surface area contributed by atoms with Crippen molar-refractivity contribution in [3.63, 3.8) is 0 Å². The lowest BCUT2D eigenvalue weighted by molar-refractivity contribution is -0.145. The molecule has 1 aliphatic rings. The van der Waals surface area contributed by atoms with Gasteiger partial charge >= 0.3 is 5.97 Å². The van der Waals surface area contributed by atoms with Crippen LogP contribution in [0.5, 0.6) is 0 Å². The van der Waals surface area contributed by atoms with Gasteiger partial charge in [0.2, 0.25) is 0 Å². The van der Waals surface area contributed by atoms with Crippen LogP contribution in [-0.2, 0) is 9.53 Å². The molecular weight excluding hydrogens is 188 g/mol. The highest BCUT2D eigenvalue weighted by Gasteiger charge is 2.18. The molecule has 2 nitrogen and oxygen atoms in total. The second-order valence-corrected chi connectivity index (χ2v) is 4.76. The molecule has 0 unspecified atom stereocenters. The predicted molar refractivity (Wildman–Crippen MR) is 61.6 cm³/mol. The van der Waals surface area contributed by atoms with Crippen LogP contribution in [0.4, 0.5) is 0 Å². The van der Waals surface area contributed by atoms with Crippen molar-refractivity contribution in [3.05, 3.63) is 11.6 Å². The number of esters is 1. The van der Waals surface area contributed by atoms with Crippen LogP contribution >= 0.6 is 0 Å². The largest absolute Gasteiger partial charge is 0.459 e. The molecule has 0 N–H and O–H groups in total. The lowest BCUT2D eigenvalue weighted by Crippen LogP contribution is -2.21. The summed E-state index contributed by atoms with van der Waals surface area (Å²) < 4.78 is 5.45. The van der Waals surface area contributed by atoms with E-state index in [1.54, 1.807) is 0 Å². The lowest BCUT2D eigenvalue weighted by Gasteiger charge is -2.22. The number of carbonyl (C=O) groups is 1. The van der Waals surface area contributed by atoms with E-state index >= 15 is 0 Å². The molecule has 0 atom stereocenters. The zero-order valence-corrected chi connectivity index (χ0v) is 10.1. The zero-order chi connectivity index (χ0) is 11.3. The quantitative estimate of drug-likeness (QED) is 0.526. The molecule has 0 aromatic rings. The van der Waals surface area contributed by atoms with E-state index in [-0.39, 0.29) is 12.1 Å². The highest BCUT2D eigenvalue weighted by atomic mass is 16.5. The van der Waals surface area contributed by atoms with E-state index < -0.39 is 0 Å². The van der Waals surface area contributed by atoms with Crippen LogP contribution in [0, 0.1) is 5.92 Å². The summed E-state index contributed by atoms with van der Waals surface area (Å²) in [7, 11) is 0. The molecule has 1 aliphatic carbocycles. The number of carbonyl (C=O) groups excluding carboxylic acids is 1. The summed E-state index contributed by atoms with van der Waals surface area (Å²) in [6.07, 6.45) is 7.90. The molecule has 1 fully saturated rings. The minimum atomic E-state index is -0.129. The van der Waals surface area contributed by atoms with Crippen molar-refractivity contribution in [1.29, 1.82) is 0 Å². The molecule has 1 saturated carbocycles. The molecule has 1 rings (SSSR count). The van der Waals surface area contributed by atoms with Crippen molar-refractivity contribution in [2.24, 2.45) is 5.92 Å². The number of allylic oxidation sites excluding steroid dienone is 1. The first-order chi connectivity index (χ1) is 7.09. The SMILES string of the molecule is C/C(=C\C(C)C)C(=O)OC1CCCCC1. The zero-order valence-electron chi connectivity index (χ0n) is 10.1. The van der Waals surface area contributed by atoms with Crippen LogP contribution in [0.15, 0.2) is 11.6 Å². The average molecular weight is 210 g/mol. The van der Waals surface area contributed by atoms with Crippen LogP contribution < -0.4 is 0 Å². The summed E-state index contributed by atoms with van der Waals surface area (Å²) in [5.41, 5.74) is 0.746. The minimum Gasteiger partial charge on any atom is -0.459 e. The Morgan fingerprint density at radius 1 is 1.27 bits per heavy atom. The summed E-state index contributed by atoms with van der Waals surface area (Å²) in [5.74, 6) is 0.277. The maximum atomic E-state index is 11.7. The van der Waals surface area contributed by atoms with Crippen molar-refractivity contribution in [2.75, 3.05) is 0 Å². The molecule has 2 heteroatoms. The van der Waals surface area contributed by atoms with Gasteiger partial charge in [-0.05, 0) is 38.5 Å². The van der Waals surface area contributed by atoms with Crippen molar-refractivity contribution in [2.45, 2.75) is 59.0 Å². The van der Waals surface area contributed by atoms with Gasteiger partial charge in [0.25, 0.3) is 0 Å². The Hall–Kier alpha value is -0.790. The maximum Gasteiger partial charge on any atom is 0.333 e. The molecule has 0 heterocycles. The van der Waals surface area contributed by atoms with Gasteiger partial charge in [0, 0.05) is 5.57 Å². The van der Waals surface area contributed by atoms with Gasteiger partial charge in [0.05, 0.1) is 0 Å². The van der Waals surface area contributed by atoms with Gasteiger partial charge in [-0.25, -0.2) is 4.79 Å². The van der Waals surface area contributed by atoms with Gasteiger partial charge in [0.1, 0.15) is 6.10 Å². The Morgan fingerprint density at radius 2 is 1.87 bits per heavy atom. The standard InChI is InChI=1S/C13H22O2/c1-10(2)9-11(3)13(14)15-12-7-5-4-6-8-12/h9-10,12H,4-8H2,1-3H3/b11-9+. The fourth-order valence-corrected chi connectivity index (χ4v) is 2.00. The number of hydrogen-bond acceptors (Lipinski definition) is 2. The summed E-state index contributed by atoms with van der Waals surface area (Å²) in [6, 6.07) is 0. The number of rotatable bonds is 3. The Bertz CT molecular complexity index is 235. The summed E-state index contributed by atoms with van der Waals surface area (Å²) in [6.45, 7) is 5.97. The molecule has 0 aromatic heterocycles. The van der Waals surface area contributed by atoms with Gasteiger partial charge < -0.3 is 4.74 Å². The van der Waals surface area contributed by atoms with Crippen LogP contribution in [0.3, 0.4) is 0 Å². The Kier molecular flexibility index (Phi) is 4.86. The van der Waals surface area contributed by atoms with Gasteiger partial charge in [0.15, 0.2) is 0 Å². The van der Waals surface area contributed by atoms with Gasteiger partial charge in [-0.15, -0.1) is 0 Å². The molecule has 0 saturated heterocycles. The summed E-state index contributed by atoms with van der Waals surface area (Å²) in [4.78, 5) is 11.7. The Balaban J connectivity index is 2.40. The normalized spacial score (nSPS) is 19.3. The van der Waals surface area contributed by atoms with Crippen molar-refractivity contribution >= 4 is 5.97 Å². The third-order valence-electron chi connectivity index (χ3n) is 2.73. The van der Waals surface area contributed by atoms with E-state index in [4.69, 9.17) is 4.74 Å². The molecule has 0 bridgehead atoms. The maximum absolute atomic E-state index is 11.7. The van der Waals surface area contributed by atoms with Gasteiger partial charge in [-0.2, -0.15) is 0 Å². The minimum absolute atomic E-state index is 0.129. The molecule has 86 valence electrons. The van der Waals surface area contributed by atoms with Crippen molar-refractivity contribution in [3.8, 4) is 0 Å². The molecule has 15 heavy (non-hydrogen) atoms. The summed E-state index contributed by atoms with van der Waals surface area (Å²) >= 11 is 0. The van der Waals surface area contributed by atoms with E-state index in [2.05, 4.69) is 13.8 Å². The molecule has 0 amide bonds. The fourth-order valence-electron chi connectivity index (χ4n) is 2.00. The first-order valence-electron chi connectivity index (χ1n) is 5.99. The molecule has 0 radical (unpaired) electrons. The Morgan fingerprint density at radius 3 is 2.40 bits per heavy atom. The number of ether oxygens (including phenoxy) is 1. The van der Waals surface area contributed by atoms with Crippen LogP contribution in [-0.4, -0.2) is 12.1 Å². The monoisotopic (exact) mass is 210 g/mol. The van der Waals surface area contributed by atoms with E-state index in [0.29, 0.717) is 5.92 Å². The van der Waals surface area contributed by atoms with E-state index in [9.17, 15) is 4.79 Å². The fraction of sp³-hybridized carbons (Fsp3) is 0.769. The highest BCUT2D eigenvalue weighted by molar-refractivity contribution is 5.87. The van der Waals surface area contributed by atoms with Gasteiger partial charge in [-0.1, -0.05) is 26.3 Å². The predicted octanol–water partition coefficient (Wildman–Crippen LogP) is 3.46. The second kappa shape index (κ2) is 5.94. The average Bonchev–Trinajstić information content (AvgIpc) is 2.18. The first-order valence-corrected chi connectivity index (χ1v) is 5.99. The van der Waals surface area contributed by atoms with Crippen molar-refractivity contribution < 1.29 is 9.53 Å². The third kappa shape index (κ3) is 4.50. The lowest BCUT2D eigenvalue weighted by atomic mass is 9.98. The topological polar surface area (TPSA) is 26.3 Å². The molecule has 0 aromatic carbocycles. The van der Waals surface area contributed by atoms with Crippen molar-refractivity contribution in [1.82, 2.24) is 0 Å². The molecule has 0 aliphatic heterocycles. The highest BCUT2D eigenvalue weighted by Crippen LogP contribution is 2.21. The van der Waals surface area contributed by atoms with Gasteiger partial charge in [-0.3, -0.25) is 0 Å². The van der Waals surface area contributed by atoms with Crippen LogP contribution in [0.2, 0.25) is 0 Å². The molecule has 0 spiro atoms. The van der Waals surface area contributed by atoms with E-state index in [0.717, 1.165) is 18.4 Å². The third-order valence-corrected chi connectivity index (χ3v) is 2.73. The number of hydrogen-bond donors (Lipinski definition) is 0. The summed E-state index contributed by atoms with van der Waals surface area (Å²) in [5, 5.41) is 0.